The second-order valence-corrected chi connectivity index (χ2v) is 7.84. The van der Waals surface area contributed by atoms with Gasteiger partial charge in [-0.25, -0.2) is 4.39 Å². The number of halogens is 1. The van der Waals surface area contributed by atoms with Crippen LogP contribution in [-0.4, -0.2) is 49.6 Å². The fourth-order valence-corrected chi connectivity index (χ4v) is 4.89. The normalized spacial score (nSPS) is 23.2. The van der Waals surface area contributed by atoms with E-state index in [0.717, 1.165) is 38.2 Å². The number of anilines is 2. The monoisotopic (exact) mass is 381 g/mol. The summed E-state index contributed by atoms with van der Waals surface area (Å²) in [5.74, 6) is 1.01. The molecule has 2 aromatic rings. The molecule has 0 bridgehead atoms. The lowest BCUT2D eigenvalue weighted by Crippen LogP contribution is -2.49. The van der Waals surface area contributed by atoms with Crippen LogP contribution in [0, 0.1) is 5.82 Å². The van der Waals surface area contributed by atoms with Crippen molar-refractivity contribution in [1.29, 1.82) is 0 Å². The van der Waals surface area contributed by atoms with Crippen LogP contribution in [0.5, 0.6) is 5.75 Å². The van der Waals surface area contributed by atoms with Crippen molar-refractivity contribution in [1.82, 2.24) is 4.90 Å². The third kappa shape index (κ3) is 3.11. The maximum Gasteiger partial charge on any atom is 0.243 e. The number of amides is 1. The summed E-state index contributed by atoms with van der Waals surface area (Å²) in [7, 11) is 0. The van der Waals surface area contributed by atoms with Crippen molar-refractivity contribution >= 4 is 17.3 Å². The summed E-state index contributed by atoms with van der Waals surface area (Å²) in [5, 5.41) is 3.02. The smallest absolute Gasteiger partial charge is 0.243 e. The second-order valence-electron chi connectivity index (χ2n) is 7.84. The van der Waals surface area contributed by atoms with E-state index in [1.807, 2.05) is 6.07 Å². The van der Waals surface area contributed by atoms with Gasteiger partial charge in [0.15, 0.2) is 0 Å². The maximum atomic E-state index is 12.9. The average Bonchev–Trinajstić information content (AvgIpc) is 3.01. The van der Waals surface area contributed by atoms with E-state index in [-0.39, 0.29) is 11.7 Å². The van der Waals surface area contributed by atoms with Crippen molar-refractivity contribution in [3.05, 3.63) is 53.8 Å². The molecular weight excluding hydrogens is 357 g/mol. The minimum atomic E-state index is -0.245. The summed E-state index contributed by atoms with van der Waals surface area (Å²) >= 11 is 0. The molecule has 28 heavy (non-hydrogen) atoms. The van der Waals surface area contributed by atoms with Crippen LogP contribution in [-0.2, 0) is 4.79 Å². The van der Waals surface area contributed by atoms with E-state index in [4.69, 9.17) is 4.74 Å². The highest BCUT2D eigenvalue weighted by Gasteiger charge is 2.44. The van der Waals surface area contributed by atoms with E-state index in [0.29, 0.717) is 30.9 Å². The topological polar surface area (TPSA) is 44.8 Å². The van der Waals surface area contributed by atoms with Crippen LogP contribution in [0.15, 0.2) is 42.5 Å². The number of likely N-dealkylation sites (tertiary alicyclic amines) is 1. The van der Waals surface area contributed by atoms with E-state index in [9.17, 15) is 9.18 Å². The first-order chi connectivity index (χ1) is 13.7. The Hall–Kier alpha value is -2.60. The largest absolute Gasteiger partial charge is 0.494 e. The molecule has 146 valence electrons. The lowest BCUT2D eigenvalue weighted by atomic mass is 9.89. The van der Waals surface area contributed by atoms with Crippen molar-refractivity contribution in [3.8, 4) is 5.75 Å². The van der Waals surface area contributed by atoms with Crippen LogP contribution in [0.25, 0.3) is 0 Å². The summed E-state index contributed by atoms with van der Waals surface area (Å²) in [5.41, 5.74) is 3.57. The number of rotatable bonds is 5. The van der Waals surface area contributed by atoms with Gasteiger partial charge in [-0.2, -0.15) is 0 Å². The zero-order chi connectivity index (χ0) is 19.1. The van der Waals surface area contributed by atoms with Crippen molar-refractivity contribution in [2.45, 2.75) is 24.8 Å². The van der Waals surface area contributed by atoms with Crippen LogP contribution >= 0.6 is 0 Å². The fraction of sp³-hybridized carbons (Fsp3) is 0.409. The molecule has 3 heterocycles. The Morgan fingerprint density at radius 1 is 1.18 bits per heavy atom. The van der Waals surface area contributed by atoms with E-state index >= 15 is 0 Å². The first-order valence-electron chi connectivity index (χ1n) is 9.99. The summed E-state index contributed by atoms with van der Waals surface area (Å²) in [6.07, 6.45) is 2.01. The van der Waals surface area contributed by atoms with Gasteiger partial charge in [-0.1, -0.05) is 12.1 Å². The van der Waals surface area contributed by atoms with Gasteiger partial charge in [-0.05, 0) is 48.7 Å². The van der Waals surface area contributed by atoms with Gasteiger partial charge < -0.3 is 19.9 Å². The highest BCUT2D eigenvalue weighted by molar-refractivity contribution is 6.03. The Bertz CT molecular complexity index is 886. The van der Waals surface area contributed by atoms with Crippen molar-refractivity contribution in [3.63, 3.8) is 0 Å². The number of nitrogens with zero attached hydrogens (tertiary/aromatic N) is 2. The maximum absolute atomic E-state index is 12.9. The van der Waals surface area contributed by atoms with Crippen LogP contribution in [0.4, 0.5) is 15.8 Å². The SMILES string of the molecule is O=C1CN2c3c(cccc3C3CN(CCCOc4ccc(F)cc4)CCC32)N1. The molecule has 1 N–H and O–H groups in total. The Balaban J connectivity index is 1.20. The lowest BCUT2D eigenvalue weighted by molar-refractivity contribution is -0.115. The molecule has 0 spiro atoms. The summed E-state index contributed by atoms with van der Waals surface area (Å²) < 4.78 is 18.7. The Labute approximate surface area is 164 Å². The highest BCUT2D eigenvalue weighted by atomic mass is 19.1. The summed E-state index contributed by atoms with van der Waals surface area (Å²) in [6, 6.07) is 12.9. The number of hydrogen-bond donors (Lipinski definition) is 1. The first-order valence-corrected chi connectivity index (χ1v) is 9.99. The van der Waals surface area contributed by atoms with Crippen molar-refractivity contribution in [2.24, 2.45) is 0 Å². The summed E-state index contributed by atoms with van der Waals surface area (Å²) in [6.45, 7) is 4.14. The van der Waals surface area contributed by atoms with Gasteiger partial charge in [0.1, 0.15) is 11.6 Å². The van der Waals surface area contributed by atoms with Gasteiger partial charge >= 0.3 is 0 Å². The minimum Gasteiger partial charge on any atom is -0.494 e. The number of hydrogen-bond acceptors (Lipinski definition) is 4. The molecule has 0 radical (unpaired) electrons. The third-order valence-corrected chi connectivity index (χ3v) is 6.10. The first kappa shape index (κ1) is 17.5. The fourth-order valence-electron chi connectivity index (χ4n) is 4.89. The zero-order valence-corrected chi connectivity index (χ0v) is 15.7. The lowest BCUT2D eigenvalue weighted by Gasteiger charge is -2.39. The number of benzene rings is 2. The van der Waals surface area contributed by atoms with Crippen LogP contribution in [0.3, 0.4) is 0 Å². The van der Waals surface area contributed by atoms with Gasteiger partial charge in [-0.3, -0.25) is 4.79 Å². The minimum absolute atomic E-state index is 0.0886. The molecule has 2 aromatic carbocycles. The molecule has 0 aromatic heterocycles. The number of fused-ring (bicyclic) bond motifs is 3. The van der Waals surface area contributed by atoms with Crippen LogP contribution < -0.4 is 15.0 Å². The molecule has 0 aliphatic carbocycles. The zero-order valence-electron chi connectivity index (χ0n) is 15.7. The highest BCUT2D eigenvalue weighted by Crippen LogP contribution is 2.49. The number of carbonyl (C=O) groups excluding carboxylic acids is 1. The number of ether oxygens (including phenoxy) is 1. The quantitative estimate of drug-likeness (QED) is 0.808. The predicted octanol–water partition coefficient (Wildman–Crippen LogP) is 3.22. The molecule has 3 aliphatic heterocycles. The Kier molecular flexibility index (Phi) is 4.43. The molecule has 2 atom stereocenters. The molecule has 2 unspecified atom stereocenters. The molecule has 1 saturated heterocycles. The van der Waals surface area contributed by atoms with Gasteiger partial charge in [0.25, 0.3) is 0 Å². The molecule has 3 aliphatic rings. The van der Waals surface area contributed by atoms with E-state index in [2.05, 4.69) is 27.2 Å². The average molecular weight is 381 g/mol. The van der Waals surface area contributed by atoms with Gasteiger partial charge in [-0.15, -0.1) is 0 Å². The molecule has 5 rings (SSSR count). The molecule has 1 fully saturated rings. The molecule has 1 amide bonds. The Morgan fingerprint density at radius 2 is 2.04 bits per heavy atom. The van der Waals surface area contributed by atoms with Gasteiger partial charge in [0.05, 0.1) is 24.5 Å². The molecule has 5 nitrogen and oxygen atoms in total. The number of nitrogens with one attached hydrogen (secondary N) is 1. The Morgan fingerprint density at radius 3 is 2.89 bits per heavy atom. The molecule has 6 heteroatoms. The van der Waals surface area contributed by atoms with Gasteiger partial charge in [0, 0.05) is 31.6 Å². The van der Waals surface area contributed by atoms with E-state index < -0.39 is 0 Å². The van der Waals surface area contributed by atoms with Crippen LogP contribution in [0.1, 0.15) is 24.3 Å². The molecule has 0 saturated carbocycles. The predicted molar refractivity (Wildman–Crippen MR) is 107 cm³/mol. The second kappa shape index (κ2) is 7.09. The number of carbonyl (C=O) groups is 1. The van der Waals surface area contributed by atoms with Crippen molar-refractivity contribution < 1.29 is 13.9 Å². The third-order valence-electron chi connectivity index (χ3n) is 6.10. The van der Waals surface area contributed by atoms with Crippen LogP contribution in [0.2, 0.25) is 0 Å². The van der Waals surface area contributed by atoms with Gasteiger partial charge in [0.2, 0.25) is 5.91 Å². The standard InChI is InChI=1S/C22H24FN3O2/c23-15-5-7-16(8-6-15)28-12-2-10-25-11-9-20-18(13-25)17-3-1-4-19-22(17)26(20)14-21(27)24-19/h1,3-8,18,20H,2,9-14H2,(H,24,27). The van der Waals surface area contributed by atoms with E-state index in [1.165, 1.54) is 23.4 Å². The number of piperidine rings is 1. The van der Waals surface area contributed by atoms with Crippen molar-refractivity contribution in [2.75, 3.05) is 43.0 Å². The number of para-hydroxylation sites is 1. The summed E-state index contributed by atoms with van der Waals surface area (Å²) in [4.78, 5) is 16.9. The van der Waals surface area contributed by atoms with E-state index in [1.54, 1.807) is 12.1 Å². The molecular formula is C22H24FN3O2.